The summed E-state index contributed by atoms with van der Waals surface area (Å²) in [5.41, 5.74) is 0. The Bertz CT molecular complexity index is 1550. The molecule has 0 radical (unpaired) electrons. The monoisotopic (exact) mass is 1020 g/mol. The third-order valence-electron chi connectivity index (χ3n) is 12.7. The molecule has 0 heterocycles. The summed E-state index contributed by atoms with van der Waals surface area (Å²) >= 11 is 0. The van der Waals surface area contributed by atoms with Crippen molar-refractivity contribution in [2.45, 2.75) is 277 Å². The molecule has 420 valence electrons. The van der Waals surface area contributed by atoms with Crippen LogP contribution in [0.1, 0.15) is 271 Å². The van der Waals surface area contributed by atoms with Crippen molar-refractivity contribution in [1.29, 1.82) is 0 Å². The zero-order valence-corrected chi connectivity index (χ0v) is 48.1. The molecule has 0 aliphatic heterocycles. The lowest BCUT2D eigenvalue weighted by Gasteiger charge is -2.18. The fourth-order valence-electron chi connectivity index (χ4n) is 8.20. The summed E-state index contributed by atoms with van der Waals surface area (Å²) in [6, 6.07) is 0. The van der Waals surface area contributed by atoms with E-state index in [0.29, 0.717) is 19.3 Å². The number of unbranched alkanes of at least 4 members (excludes halogenated alkanes) is 23. The van der Waals surface area contributed by atoms with Gasteiger partial charge in [-0.05, 0) is 109 Å². The van der Waals surface area contributed by atoms with Gasteiger partial charge in [0.05, 0.1) is 0 Å². The van der Waals surface area contributed by atoms with E-state index in [9.17, 15) is 14.4 Å². The number of ether oxygens (including phenoxy) is 3. The van der Waals surface area contributed by atoms with Gasteiger partial charge in [0, 0.05) is 19.3 Å². The number of hydrogen-bond donors (Lipinski definition) is 0. The molecule has 0 rings (SSSR count). The van der Waals surface area contributed by atoms with Crippen molar-refractivity contribution in [3.8, 4) is 0 Å². The fraction of sp³-hybridized carbons (Fsp3) is 0.662. The summed E-state index contributed by atoms with van der Waals surface area (Å²) in [6.45, 7) is 6.38. The number of carbonyl (C=O) groups excluding carboxylic acids is 3. The Morgan fingerprint density at radius 3 is 0.851 bits per heavy atom. The summed E-state index contributed by atoms with van der Waals surface area (Å²) in [5.74, 6) is -0.943. The molecule has 6 heteroatoms. The minimum Gasteiger partial charge on any atom is -0.462 e. The summed E-state index contributed by atoms with van der Waals surface area (Å²) in [5, 5.41) is 0. The third kappa shape index (κ3) is 58.7. The SMILES string of the molecule is CC/C=C\C/C=C\C/C=C\C/C=C\C/C=C\C/C=C\CCCCC(=O)OC(COC(=O)CCCCCCCCCCCC/C=C\C/C=C\C/C=C\C/C=C\CC)COC(=O)CCCCCCCCCCCCCC. The van der Waals surface area contributed by atoms with Crippen LogP contribution in [0.4, 0.5) is 0 Å². The van der Waals surface area contributed by atoms with Crippen LogP contribution in [-0.2, 0) is 28.6 Å². The quantitative estimate of drug-likeness (QED) is 0.0261. The first-order chi connectivity index (χ1) is 36.5. The van der Waals surface area contributed by atoms with Crippen LogP contribution in [0.5, 0.6) is 0 Å². The molecule has 0 aromatic carbocycles. The molecule has 1 unspecified atom stereocenters. The number of esters is 3. The van der Waals surface area contributed by atoms with Crippen LogP contribution in [0.25, 0.3) is 0 Å². The lowest BCUT2D eigenvalue weighted by atomic mass is 10.0. The van der Waals surface area contributed by atoms with E-state index in [0.717, 1.165) is 116 Å². The minimum atomic E-state index is -0.805. The topological polar surface area (TPSA) is 78.9 Å². The lowest BCUT2D eigenvalue weighted by molar-refractivity contribution is -0.167. The average Bonchev–Trinajstić information content (AvgIpc) is 3.40. The highest BCUT2D eigenvalue weighted by molar-refractivity contribution is 5.71. The second-order valence-corrected chi connectivity index (χ2v) is 19.9. The Morgan fingerprint density at radius 2 is 0.527 bits per heavy atom. The maximum Gasteiger partial charge on any atom is 0.306 e. The molecule has 0 amide bonds. The van der Waals surface area contributed by atoms with Crippen LogP contribution in [0.2, 0.25) is 0 Å². The first kappa shape index (κ1) is 69.8. The molecule has 0 aromatic heterocycles. The first-order valence-electron chi connectivity index (χ1n) is 30.5. The molecule has 74 heavy (non-hydrogen) atoms. The maximum atomic E-state index is 12.9. The van der Waals surface area contributed by atoms with Crippen molar-refractivity contribution in [1.82, 2.24) is 0 Å². The van der Waals surface area contributed by atoms with E-state index in [4.69, 9.17) is 14.2 Å². The highest BCUT2D eigenvalue weighted by atomic mass is 16.6. The number of rotatable bonds is 54. The summed E-state index contributed by atoms with van der Waals surface area (Å²) in [4.78, 5) is 38.2. The van der Waals surface area contributed by atoms with Crippen molar-refractivity contribution in [3.05, 3.63) is 122 Å². The Kier molecular flexibility index (Phi) is 57.9. The van der Waals surface area contributed by atoms with Crippen molar-refractivity contribution >= 4 is 17.9 Å². The second kappa shape index (κ2) is 61.4. The molecule has 0 N–H and O–H groups in total. The fourth-order valence-corrected chi connectivity index (χ4v) is 8.20. The van der Waals surface area contributed by atoms with E-state index < -0.39 is 6.10 Å². The molecule has 0 aliphatic carbocycles. The molecule has 0 saturated heterocycles. The minimum absolute atomic E-state index is 0.0973. The Hall–Kier alpha value is -4.19. The second-order valence-electron chi connectivity index (χ2n) is 19.9. The van der Waals surface area contributed by atoms with Gasteiger partial charge in [0.1, 0.15) is 13.2 Å². The van der Waals surface area contributed by atoms with Crippen LogP contribution >= 0.6 is 0 Å². The van der Waals surface area contributed by atoms with Crippen molar-refractivity contribution < 1.29 is 28.6 Å². The van der Waals surface area contributed by atoms with Gasteiger partial charge in [0.2, 0.25) is 0 Å². The van der Waals surface area contributed by atoms with Gasteiger partial charge in [-0.2, -0.15) is 0 Å². The highest BCUT2D eigenvalue weighted by Gasteiger charge is 2.19. The predicted molar refractivity (Wildman–Crippen MR) is 320 cm³/mol. The normalized spacial score (nSPS) is 13.0. The molecular weight excluding hydrogens is 913 g/mol. The molecule has 1 atom stereocenters. The average molecular weight is 1030 g/mol. The van der Waals surface area contributed by atoms with Gasteiger partial charge >= 0.3 is 17.9 Å². The van der Waals surface area contributed by atoms with Gasteiger partial charge in [0.15, 0.2) is 6.10 Å². The van der Waals surface area contributed by atoms with Gasteiger partial charge in [-0.25, -0.2) is 0 Å². The third-order valence-corrected chi connectivity index (χ3v) is 12.7. The van der Waals surface area contributed by atoms with E-state index in [1.807, 2.05) is 0 Å². The Morgan fingerprint density at radius 1 is 0.284 bits per heavy atom. The van der Waals surface area contributed by atoms with E-state index in [2.05, 4.69) is 142 Å². The summed E-state index contributed by atoms with van der Waals surface area (Å²) in [6.07, 6.45) is 84.8. The summed E-state index contributed by atoms with van der Waals surface area (Å²) in [7, 11) is 0. The molecule has 0 bridgehead atoms. The number of allylic oxidation sites excluding steroid dienone is 20. The highest BCUT2D eigenvalue weighted by Crippen LogP contribution is 2.15. The van der Waals surface area contributed by atoms with Crippen molar-refractivity contribution in [2.75, 3.05) is 13.2 Å². The number of hydrogen-bond acceptors (Lipinski definition) is 6. The van der Waals surface area contributed by atoms with Crippen LogP contribution in [-0.4, -0.2) is 37.2 Å². The zero-order chi connectivity index (χ0) is 53.6. The van der Waals surface area contributed by atoms with Crippen LogP contribution in [0.15, 0.2) is 122 Å². The standard InChI is InChI=1S/C68H112O6/c1-4-7-10-13-16-19-22-25-27-29-31-33-34-36-37-39-41-43-46-49-52-55-58-61-67(70)73-64-65(63-72-66(69)60-57-54-51-48-45-24-21-18-15-12-9-6-3)74-68(71)62-59-56-53-50-47-44-42-40-38-35-32-30-28-26-23-20-17-14-11-8-5-2/h7-8,10-11,16-17,19-20,25-28,31-33,35,40,42,47,50,65H,4-6,9,12-15,18,21-24,29-30,34,36-39,41,43-46,48-49,51-64H2,1-3H3/b10-7-,11-8-,19-16-,20-17-,27-25-,28-26-,33-31-,35-32-,42-40-,50-47-. The van der Waals surface area contributed by atoms with Crippen LogP contribution in [0.3, 0.4) is 0 Å². The van der Waals surface area contributed by atoms with E-state index in [1.165, 1.54) is 109 Å². The first-order valence-corrected chi connectivity index (χ1v) is 30.5. The van der Waals surface area contributed by atoms with E-state index in [-0.39, 0.29) is 37.5 Å². The van der Waals surface area contributed by atoms with Gasteiger partial charge in [-0.3, -0.25) is 14.4 Å². The number of carbonyl (C=O) groups is 3. The molecule has 0 fully saturated rings. The Labute approximate surface area is 456 Å². The molecule has 6 nitrogen and oxygen atoms in total. The van der Waals surface area contributed by atoms with E-state index >= 15 is 0 Å². The van der Waals surface area contributed by atoms with Gasteiger partial charge in [-0.15, -0.1) is 0 Å². The molecule has 0 saturated carbocycles. The van der Waals surface area contributed by atoms with Crippen LogP contribution in [0, 0.1) is 0 Å². The Balaban J connectivity index is 4.42. The summed E-state index contributed by atoms with van der Waals surface area (Å²) < 4.78 is 16.9. The van der Waals surface area contributed by atoms with Crippen molar-refractivity contribution in [2.24, 2.45) is 0 Å². The lowest BCUT2D eigenvalue weighted by Crippen LogP contribution is -2.30. The molecular formula is C68H112O6. The molecule has 0 spiro atoms. The maximum absolute atomic E-state index is 12.9. The smallest absolute Gasteiger partial charge is 0.306 e. The predicted octanol–water partition coefficient (Wildman–Crippen LogP) is 20.8. The zero-order valence-electron chi connectivity index (χ0n) is 48.1. The van der Waals surface area contributed by atoms with Gasteiger partial charge in [-0.1, -0.05) is 264 Å². The van der Waals surface area contributed by atoms with Crippen LogP contribution < -0.4 is 0 Å². The van der Waals surface area contributed by atoms with E-state index in [1.54, 1.807) is 0 Å². The van der Waals surface area contributed by atoms with Gasteiger partial charge < -0.3 is 14.2 Å². The molecule has 0 aromatic rings. The van der Waals surface area contributed by atoms with Gasteiger partial charge in [0.25, 0.3) is 0 Å². The molecule has 0 aliphatic rings. The van der Waals surface area contributed by atoms with Crippen molar-refractivity contribution in [3.63, 3.8) is 0 Å². The largest absolute Gasteiger partial charge is 0.462 e.